The monoisotopic (exact) mass is 505 g/mol. The van der Waals surface area contributed by atoms with E-state index < -0.39 is 58.9 Å². The van der Waals surface area contributed by atoms with Crippen molar-refractivity contribution in [2.75, 3.05) is 0 Å². The van der Waals surface area contributed by atoms with E-state index in [9.17, 15) is 78.3 Å². The van der Waals surface area contributed by atoms with Gasteiger partial charge in [-0.05, 0) is 0 Å². The summed E-state index contributed by atoms with van der Waals surface area (Å²) in [6, 6.07) is 0. The van der Waals surface area contributed by atoms with Gasteiger partial charge in [-0.15, -0.1) is 0 Å². The molecule has 166 valence electrons. The summed E-state index contributed by atoms with van der Waals surface area (Å²) in [5.41, 5.74) is 0. The van der Waals surface area contributed by atoms with Gasteiger partial charge in [0.25, 0.3) is 20.0 Å². The van der Waals surface area contributed by atoms with Crippen LogP contribution in [-0.2, 0) is 20.0 Å². The molecule has 0 aliphatic rings. The molecule has 0 spiro atoms. The Balaban J connectivity index is -0.00000338. The smallest absolute Gasteiger partial charge is 1.00 e. The molecule has 0 bridgehead atoms. The van der Waals surface area contributed by atoms with Crippen molar-refractivity contribution >= 4 is 20.0 Å². The molecule has 0 rings (SSSR count). The van der Waals surface area contributed by atoms with Gasteiger partial charge in [-0.2, -0.15) is 61.5 Å². The van der Waals surface area contributed by atoms with Gasteiger partial charge in [-0.3, -0.25) is 0 Å². The van der Waals surface area contributed by atoms with E-state index in [0.717, 1.165) is 0 Å². The Labute approximate surface area is 168 Å². The quantitative estimate of drug-likeness (QED) is 0.405. The van der Waals surface area contributed by atoms with Crippen LogP contribution in [0.5, 0.6) is 0 Å². The summed E-state index contributed by atoms with van der Waals surface area (Å²) in [4.78, 5) is 0. The molecule has 0 saturated carbocycles. The maximum atomic E-state index is 13.0. The van der Waals surface area contributed by atoms with Crippen LogP contribution in [0.3, 0.4) is 0 Å². The average molecular weight is 505 g/mol. The summed E-state index contributed by atoms with van der Waals surface area (Å²) in [6.07, 6.45) is -14.8. The van der Waals surface area contributed by atoms with E-state index in [2.05, 4.69) is 0 Å². The minimum Gasteiger partial charge on any atom is -1.00 e. The van der Waals surface area contributed by atoms with Crippen molar-refractivity contribution in [1.82, 2.24) is 4.13 Å². The molecule has 0 aromatic heterocycles. The summed E-state index contributed by atoms with van der Waals surface area (Å²) < 4.78 is 214. The Kier molecular flexibility index (Phi) is 8.09. The topological polar surface area (TPSA) is 80.3 Å². The summed E-state index contributed by atoms with van der Waals surface area (Å²) >= 11 is 0. The second kappa shape index (κ2) is 7.54. The molecule has 0 aromatic carbocycles. The number of nitrogens with one attached hydrogen (secondary N) is 1. The average Bonchev–Trinajstić information content (AvgIpc) is 2.33. The van der Waals surface area contributed by atoms with Crippen LogP contribution in [0.1, 0.15) is 1.43 Å². The van der Waals surface area contributed by atoms with Gasteiger partial charge < -0.3 is 1.43 Å². The van der Waals surface area contributed by atoms with E-state index in [1.807, 2.05) is 0 Å². The van der Waals surface area contributed by atoms with E-state index in [1.165, 1.54) is 0 Å². The van der Waals surface area contributed by atoms with Gasteiger partial charge >= 0.3 is 64.3 Å². The van der Waals surface area contributed by atoms with E-state index in [0.29, 0.717) is 0 Å². The molecule has 28 heavy (non-hydrogen) atoms. The first-order chi connectivity index (χ1) is 11.2. The molecule has 22 heteroatoms. The first kappa shape index (κ1) is 30.1. The predicted octanol–water partition coefficient (Wildman–Crippen LogP) is -0.0671. The van der Waals surface area contributed by atoms with Gasteiger partial charge in [0.15, 0.2) is 0 Å². The largest absolute Gasteiger partial charge is 1.00 e. The molecule has 0 heterocycles. The number of sulfonamides is 2. The number of rotatable bonds is 6. The second-order valence-electron chi connectivity index (χ2n) is 4.27. The molecule has 0 saturated heterocycles. The molecule has 0 aliphatic carbocycles. The molecule has 1 N–H and O–H groups in total. The molecular weight excluding hydrogens is 503 g/mol. The van der Waals surface area contributed by atoms with Gasteiger partial charge in [-0.1, -0.05) is 4.13 Å². The van der Waals surface area contributed by atoms with Gasteiger partial charge in [0.1, 0.15) is 0 Å². The zero-order valence-corrected chi connectivity index (χ0v) is 15.9. The Bertz CT molecular complexity index is 788. The standard InChI is InChI=1S/C6HF14NO4S2.Na.H/c7-1(8,3(11,12)13)2(9,10)5(17,18)26(22,23)21-27(24,25)6(19,20)4(14,15)16;;/h21H;;/q;+1;-1. The van der Waals surface area contributed by atoms with Crippen LogP contribution in [-0.4, -0.2) is 51.5 Å². The predicted molar refractivity (Wildman–Crippen MR) is 54.0 cm³/mol. The van der Waals surface area contributed by atoms with Crippen LogP contribution in [0.25, 0.3) is 0 Å². The summed E-state index contributed by atoms with van der Waals surface area (Å²) in [6.45, 7) is 0. The molecule has 5 nitrogen and oxygen atoms in total. The third kappa shape index (κ3) is 4.47. The Hall–Kier alpha value is -0.120. The maximum Gasteiger partial charge on any atom is 1.00 e. The Morgan fingerprint density at radius 2 is 0.786 bits per heavy atom. The fourth-order valence-electron chi connectivity index (χ4n) is 0.931. The summed E-state index contributed by atoms with van der Waals surface area (Å²) in [5.74, 6) is -15.9. The van der Waals surface area contributed by atoms with Crippen LogP contribution in [0.15, 0.2) is 0 Å². The molecule has 0 aliphatic heterocycles. The number of halogens is 14. The van der Waals surface area contributed by atoms with E-state index >= 15 is 0 Å². The van der Waals surface area contributed by atoms with Gasteiger partial charge in [0, 0.05) is 0 Å². The molecule has 0 radical (unpaired) electrons. The SMILES string of the molecule is O=S(=O)(NS(=O)(=O)C(F)(F)C(F)(F)C(F)(F)C(F)(F)F)C(F)(F)C(F)(F)F.[H-].[Na+]. The second-order valence-corrected chi connectivity index (χ2v) is 7.97. The molecule has 0 amide bonds. The summed E-state index contributed by atoms with van der Waals surface area (Å²) in [7, 11) is -16.2. The summed E-state index contributed by atoms with van der Waals surface area (Å²) in [5, 5.41) is -15.1. The van der Waals surface area contributed by atoms with Crippen LogP contribution in [0.2, 0.25) is 0 Å². The minimum atomic E-state index is -8.24. The van der Waals surface area contributed by atoms with Crippen molar-refractivity contribution in [3.8, 4) is 0 Å². The molecule has 0 fully saturated rings. The number of hydrogen-bond acceptors (Lipinski definition) is 4. The van der Waals surface area contributed by atoms with Crippen LogP contribution < -0.4 is 33.7 Å². The van der Waals surface area contributed by atoms with Crippen molar-refractivity contribution in [3.63, 3.8) is 0 Å². The zero-order valence-electron chi connectivity index (χ0n) is 13.2. The van der Waals surface area contributed by atoms with E-state index in [4.69, 9.17) is 0 Å². The fraction of sp³-hybridized carbons (Fsp3) is 1.00. The number of alkyl halides is 14. The van der Waals surface area contributed by atoms with Crippen molar-refractivity contribution < 1.29 is 109 Å². The van der Waals surface area contributed by atoms with Gasteiger partial charge in [0.05, 0.1) is 0 Å². The van der Waals surface area contributed by atoms with Crippen molar-refractivity contribution in [3.05, 3.63) is 0 Å². The zero-order chi connectivity index (χ0) is 22.7. The van der Waals surface area contributed by atoms with Crippen molar-refractivity contribution in [1.29, 1.82) is 0 Å². The normalized spacial score (nSPS) is 15.9. The number of hydrogen-bond donors (Lipinski definition) is 1. The Morgan fingerprint density at radius 3 is 1.04 bits per heavy atom. The molecule has 0 unspecified atom stereocenters. The molecule has 0 atom stereocenters. The third-order valence-corrected chi connectivity index (χ3v) is 5.93. The van der Waals surface area contributed by atoms with Crippen molar-refractivity contribution in [2.24, 2.45) is 0 Å². The first-order valence-corrected chi connectivity index (χ1v) is 8.10. The Morgan fingerprint density at radius 1 is 0.500 bits per heavy atom. The van der Waals surface area contributed by atoms with Crippen LogP contribution >= 0.6 is 0 Å². The first-order valence-electron chi connectivity index (χ1n) is 5.13. The van der Waals surface area contributed by atoms with Gasteiger partial charge in [-0.25, -0.2) is 16.8 Å². The van der Waals surface area contributed by atoms with Gasteiger partial charge in [0.2, 0.25) is 0 Å². The van der Waals surface area contributed by atoms with Crippen molar-refractivity contribution in [2.45, 2.75) is 34.7 Å². The maximum absolute atomic E-state index is 13.0. The van der Waals surface area contributed by atoms with E-state index in [-0.39, 0.29) is 31.0 Å². The molecule has 0 aromatic rings. The third-order valence-electron chi connectivity index (χ3n) is 2.34. The van der Waals surface area contributed by atoms with E-state index in [1.54, 1.807) is 0 Å². The fourth-order valence-corrected chi connectivity index (χ4v) is 3.69. The molecular formula is C6H2F14NNaO4S2. The van der Waals surface area contributed by atoms with Crippen LogP contribution in [0.4, 0.5) is 61.5 Å². The minimum absolute atomic E-state index is 0. The van der Waals surface area contributed by atoms with Crippen LogP contribution in [0, 0.1) is 0 Å².